The van der Waals surface area contributed by atoms with Crippen molar-refractivity contribution in [3.05, 3.63) is 0 Å². The molecule has 1 heterocycles. The number of thioether (sulfide) groups is 1. The van der Waals surface area contributed by atoms with Crippen LogP contribution in [0.25, 0.3) is 0 Å². The molecule has 3 nitrogen and oxygen atoms in total. The minimum atomic E-state index is -0.152. The zero-order chi connectivity index (χ0) is 9.14. The first-order valence-corrected chi connectivity index (χ1v) is 5.15. The van der Waals surface area contributed by atoms with Gasteiger partial charge in [0, 0.05) is 17.0 Å². The number of hydrogen-bond donors (Lipinski definition) is 1. The van der Waals surface area contributed by atoms with E-state index in [-0.39, 0.29) is 12.0 Å². The molecular formula is C8H15NO2S. The first kappa shape index (κ1) is 9.86. The van der Waals surface area contributed by atoms with Gasteiger partial charge in [-0.05, 0) is 6.92 Å². The summed E-state index contributed by atoms with van der Waals surface area (Å²) in [6.07, 6.45) is 0. The normalized spacial score (nSPS) is 36.1. The van der Waals surface area contributed by atoms with E-state index in [1.54, 1.807) is 0 Å². The highest BCUT2D eigenvalue weighted by Crippen LogP contribution is 2.21. The highest BCUT2D eigenvalue weighted by atomic mass is 32.2. The summed E-state index contributed by atoms with van der Waals surface area (Å²) in [6.45, 7) is 4.25. The maximum Gasteiger partial charge on any atom is 0.323 e. The van der Waals surface area contributed by atoms with E-state index in [1.165, 1.54) is 7.11 Å². The van der Waals surface area contributed by atoms with Crippen molar-refractivity contribution < 1.29 is 9.53 Å². The highest BCUT2D eigenvalue weighted by molar-refractivity contribution is 8.00. The third-order valence-corrected chi connectivity index (χ3v) is 3.64. The van der Waals surface area contributed by atoms with E-state index >= 15 is 0 Å². The molecule has 3 atom stereocenters. The molecule has 3 unspecified atom stereocenters. The second-order valence-corrected chi connectivity index (χ2v) is 4.48. The van der Waals surface area contributed by atoms with E-state index < -0.39 is 0 Å². The molecule has 0 spiro atoms. The lowest BCUT2D eigenvalue weighted by Gasteiger charge is -2.31. The van der Waals surface area contributed by atoms with Crippen LogP contribution in [0.1, 0.15) is 13.8 Å². The second kappa shape index (κ2) is 4.14. The topological polar surface area (TPSA) is 38.3 Å². The van der Waals surface area contributed by atoms with Crippen LogP contribution in [0, 0.1) is 0 Å². The maximum atomic E-state index is 11.1. The number of carbonyl (C=O) groups excluding carboxylic acids is 1. The molecule has 0 aromatic rings. The standard InChI is InChI=1S/C8H15NO2S/c1-5-6(2)12-4-7(9-5)8(10)11-3/h5-7,9H,4H2,1-3H3. The number of esters is 1. The quantitative estimate of drug-likeness (QED) is 0.614. The van der Waals surface area contributed by atoms with E-state index in [2.05, 4.69) is 23.9 Å². The fraction of sp³-hybridized carbons (Fsp3) is 0.875. The van der Waals surface area contributed by atoms with Gasteiger partial charge in [-0.1, -0.05) is 6.92 Å². The molecule has 70 valence electrons. The number of hydrogen-bond acceptors (Lipinski definition) is 4. The van der Waals surface area contributed by atoms with Crippen LogP contribution < -0.4 is 5.32 Å². The molecule has 1 saturated heterocycles. The Morgan fingerprint density at radius 1 is 1.58 bits per heavy atom. The molecule has 1 aliphatic rings. The molecule has 1 N–H and O–H groups in total. The molecule has 1 aliphatic heterocycles. The Labute approximate surface area is 77.2 Å². The van der Waals surface area contributed by atoms with Gasteiger partial charge in [0.2, 0.25) is 0 Å². The molecule has 1 rings (SSSR count). The van der Waals surface area contributed by atoms with Crippen LogP contribution >= 0.6 is 11.8 Å². The Balaban J connectivity index is 2.45. The molecule has 0 aromatic heterocycles. The summed E-state index contributed by atoms with van der Waals surface area (Å²) >= 11 is 1.81. The molecule has 0 saturated carbocycles. The van der Waals surface area contributed by atoms with E-state index in [0.717, 1.165) is 5.75 Å². The summed E-state index contributed by atoms with van der Waals surface area (Å²) in [5.74, 6) is 0.666. The van der Waals surface area contributed by atoms with Crippen LogP contribution in [0.4, 0.5) is 0 Å². The van der Waals surface area contributed by atoms with Gasteiger partial charge < -0.3 is 10.1 Å². The third-order valence-electron chi connectivity index (χ3n) is 2.18. The minimum Gasteiger partial charge on any atom is -0.468 e. The number of nitrogens with one attached hydrogen (secondary N) is 1. The average Bonchev–Trinajstić information content (AvgIpc) is 2.08. The van der Waals surface area contributed by atoms with E-state index in [9.17, 15) is 4.79 Å². The van der Waals surface area contributed by atoms with Crippen LogP contribution in [0.5, 0.6) is 0 Å². The zero-order valence-electron chi connectivity index (χ0n) is 7.66. The van der Waals surface area contributed by atoms with Crippen molar-refractivity contribution in [2.45, 2.75) is 31.2 Å². The average molecular weight is 189 g/mol. The molecule has 0 aliphatic carbocycles. The summed E-state index contributed by atoms with van der Waals surface area (Å²) in [4.78, 5) is 11.1. The van der Waals surface area contributed by atoms with Crippen LogP contribution in [-0.4, -0.2) is 36.2 Å². The number of ether oxygens (including phenoxy) is 1. The number of carbonyl (C=O) groups is 1. The van der Waals surface area contributed by atoms with Gasteiger partial charge in [-0.15, -0.1) is 0 Å². The Hall–Kier alpha value is -0.220. The smallest absolute Gasteiger partial charge is 0.323 e. The molecule has 12 heavy (non-hydrogen) atoms. The van der Waals surface area contributed by atoms with Crippen molar-refractivity contribution in [1.82, 2.24) is 5.32 Å². The fourth-order valence-corrected chi connectivity index (χ4v) is 2.27. The Morgan fingerprint density at radius 2 is 2.25 bits per heavy atom. The van der Waals surface area contributed by atoms with E-state index in [1.807, 2.05) is 11.8 Å². The monoisotopic (exact) mass is 189 g/mol. The summed E-state index contributed by atoms with van der Waals surface area (Å²) < 4.78 is 4.66. The van der Waals surface area contributed by atoms with Crippen molar-refractivity contribution in [2.24, 2.45) is 0 Å². The van der Waals surface area contributed by atoms with Crippen molar-refractivity contribution in [3.8, 4) is 0 Å². The second-order valence-electron chi connectivity index (χ2n) is 3.07. The first-order chi connectivity index (χ1) is 5.65. The van der Waals surface area contributed by atoms with Gasteiger partial charge in [0.15, 0.2) is 0 Å². The van der Waals surface area contributed by atoms with Crippen LogP contribution in [0.15, 0.2) is 0 Å². The van der Waals surface area contributed by atoms with Crippen molar-refractivity contribution >= 4 is 17.7 Å². The van der Waals surface area contributed by atoms with Gasteiger partial charge >= 0.3 is 5.97 Å². The predicted molar refractivity (Wildman–Crippen MR) is 50.3 cm³/mol. The first-order valence-electron chi connectivity index (χ1n) is 4.10. The van der Waals surface area contributed by atoms with Crippen LogP contribution in [0.3, 0.4) is 0 Å². The van der Waals surface area contributed by atoms with Crippen LogP contribution in [-0.2, 0) is 9.53 Å². The Bertz CT molecular complexity index is 174. The highest BCUT2D eigenvalue weighted by Gasteiger charge is 2.29. The van der Waals surface area contributed by atoms with Gasteiger partial charge in [-0.25, -0.2) is 0 Å². The summed E-state index contributed by atoms with van der Waals surface area (Å²) in [7, 11) is 1.43. The lowest BCUT2D eigenvalue weighted by atomic mass is 10.2. The van der Waals surface area contributed by atoms with Gasteiger partial charge in [0.25, 0.3) is 0 Å². The summed E-state index contributed by atoms with van der Waals surface area (Å²) in [5.41, 5.74) is 0. The van der Waals surface area contributed by atoms with Gasteiger partial charge in [-0.2, -0.15) is 11.8 Å². The molecule has 0 bridgehead atoms. The van der Waals surface area contributed by atoms with Crippen LogP contribution in [0.2, 0.25) is 0 Å². The third kappa shape index (κ3) is 2.14. The lowest BCUT2D eigenvalue weighted by molar-refractivity contribution is -0.142. The molecule has 0 radical (unpaired) electrons. The van der Waals surface area contributed by atoms with Crippen molar-refractivity contribution in [1.29, 1.82) is 0 Å². The van der Waals surface area contributed by atoms with Gasteiger partial charge in [0.05, 0.1) is 7.11 Å². The maximum absolute atomic E-state index is 11.1. The molecule has 0 aromatic carbocycles. The minimum absolute atomic E-state index is 0.119. The van der Waals surface area contributed by atoms with Crippen molar-refractivity contribution in [3.63, 3.8) is 0 Å². The fourth-order valence-electron chi connectivity index (χ4n) is 1.17. The SMILES string of the molecule is COC(=O)C1CSC(C)C(C)N1. The molecule has 1 fully saturated rings. The molecule has 4 heteroatoms. The Morgan fingerprint density at radius 3 is 2.75 bits per heavy atom. The number of methoxy groups -OCH3 is 1. The summed E-state index contributed by atoms with van der Waals surface area (Å²) in [5, 5.41) is 3.80. The van der Waals surface area contributed by atoms with Gasteiger partial charge in [-0.3, -0.25) is 4.79 Å². The van der Waals surface area contributed by atoms with Gasteiger partial charge in [0.1, 0.15) is 6.04 Å². The predicted octanol–water partition coefficient (Wildman–Crippen LogP) is 0.641. The number of rotatable bonds is 1. The molecule has 0 amide bonds. The summed E-state index contributed by atoms with van der Waals surface area (Å²) in [6, 6.07) is 0.263. The van der Waals surface area contributed by atoms with E-state index in [0.29, 0.717) is 11.3 Å². The lowest BCUT2D eigenvalue weighted by Crippen LogP contribution is -2.51. The molecular weight excluding hydrogens is 174 g/mol. The Kier molecular flexibility index (Phi) is 3.40. The zero-order valence-corrected chi connectivity index (χ0v) is 8.48. The van der Waals surface area contributed by atoms with E-state index in [4.69, 9.17) is 0 Å². The van der Waals surface area contributed by atoms with Crippen molar-refractivity contribution in [2.75, 3.05) is 12.9 Å². The largest absolute Gasteiger partial charge is 0.468 e.